The molecule has 0 aliphatic heterocycles. The lowest BCUT2D eigenvalue weighted by Crippen LogP contribution is -2.23. The highest BCUT2D eigenvalue weighted by Crippen LogP contribution is 2.19. The number of benzene rings is 1. The zero-order chi connectivity index (χ0) is 12.3. The van der Waals surface area contributed by atoms with Crippen molar-refractivity contribution in [3.05, 3.63) is 58.0 Å². The summed E-state index contributed by atoms with van der Waals surface area (Å²) in [7, 11) is 0. The van der Waals surface area contributed by atoms with Gasteiger partial charge in [0.1, 0.15) is 5.76 Å². The highest BCUT2D eigenvalue weighted by atomic mass is 79.9. The van der Waals surface area contributed by atoms with Gasteiger partial charge < -0.3 is 9.73 Å². The minimum absolute atomic E-state index is 0.0970. The van der Waals surface area contributed by atoms with Crippen molar-refractivity contribution < 1.29 is 9.21 Å². The van der Waals surface area contributed by atoms with Gasteiger partial charge in [-0.3, -0.25) is 4.79 Å². The highest BCUT2D eigenvalue weighted by molar-refractivity contribution is 9.10. The summed E-state index contributed by atoms with van der Waals surface area (Å²) in [5, 5.41) is 2.82. The van der Waals surface area contributed by atoms with E-state index in [1.165, 1.54) is 0 Å². The second kappa shape index (κ2) is 5.19. The average molecular weight is 294 g/mol. The molecule has 0 fully saturated rings. The Morgan fingerprint density at radius 1 is 1.35 bits per heavy atom. The van der Waals surface area contributed by atoms with Crippen LogP contribution in [0.5, 0.6) is 0 Å². The van der Waals surface area contributed by atoms with E-state index in [0.29, 0.717) is 12.1 Å². The van der Waals surface area contributed by atoms with Gasteiger partial charge in [0.15, 0.2) is 0 Å². The molecule has 0 unspecified atom stereocenters. The molecule has 1 heterocycles. The van der Waals surface area contributed by atoms with Crippen molar-refractivity contribution in [1.29, 1.82) is 0 Å². The van der Waals surface area contributed by atoms with E-state index < -0.39 is 0 Å². The molecule has 0 aliphatic rings. The van der Waals surface area contributed by atoms with Crippen LogP contribution in [0.2, 0.25) is 0 Å². The van der Waals surface area contributed by atoms with Crippen molar-refractivity contribution in [2.24, 2.45) is 0 Å². The quantitative estimate of drug-likeness (QED) is 0.944. The number of amides is 1. The van der Waals surface area contributed by atoms with Crippen LogP contribution in [0.25, 0.3) is 0 Å². The molecule has 0 atom stereocenters. The standard InChI is InChI=1S/C13H12BrNO2/c1-9-11(5-2-6-12(9)14)13(16)15-8-10-4-3-7-17-10/h2-7H,8H2,1H3,(H,15,16). The van der Waals surface area contributed by atoms with Gasteiger partial charge in [0, 0.05) is 10.0 Å². The zero-order valence-corrected chi connectivity index (χ0v) is 11.0. The lowest BCUT2D eigenvalue weighted by atomic mass is 10.1. The van der Waals surface area contributed by atoms with Gasteiger partial charge in [0.2, 0.25) is 0 Å². The normalized spacial score (nSPS) is 10.2. The molecule has 1 aromatic carbocycles. The maximum Gasteiger partial charge on any atom is 0.251 e. The molecule has 0 spiro atoms. The third-order valence-electron chi connectivity index (χ3n) is 2.52. The first-order valence-electron chi connectivity index (χ1n) is 5.24. The number of nitrogens with one attached hydrogen (secondary N) is 1. The van der Waals surface area contributed by atoms with Crippen LogP contribution in [0.1, 0.15) is 21.7 Å². The lowest BCUT2D eigenvalue weighted by molar-refractivity contribution is 0.0947. The second-order valence-corrected chi connectivity index (χ2v) is 4.53. The fraction of sp³-hybridized carbons (Fsp3) is 0.154. The monoisotopic (exact) mass is 293 g/mol. The number of rotatable bonds is 3. The molecule has 0 saturated carbocycles. The molecule has 1 N–H and O–H groups in total. The van der Waals surface area contributed by atoms with E-state index in [0.717, 1.165) is 15.8 Å². The average Bonchev–Trinajstić information content (AvgIpc) is 2.82. The van der Waals surface area contributed by atoms with Crippen molar-refractivity contribution in [3.8, 4) is 0 Å². The Balaban J connectivity index is 2.07. The first kappa shape index (κ1) is 11.9. The van der Waals surface area contributed by atoms with Crippen molar-refractivity contribution >= 4 is 21.8 Å². The van der Waals surface area contributed by atoms with Crippen molar-refractivity contribution in [3.63, 3.8) is 0 Å². The van der Waals surface area contributed by atoms with E-state index >= 15 is 0 Å². The molecular formula is C13H12BrNO2. The number of hydrogen-bond acceptors (Lipinski definition) is 2. The number of furan rings is 1. The summed E-state index contributed by atoms with van der Waals surface area (Å²) in [5.41, 5.74) is 1.61. The maximum absolute atomic E-state index is 11.9. The smallest absolute Gasteiger partial charge is 0.251 e. The number of carbonyl (C=O) groups is 1. The van der Waals surface area contributed by atoms with Crippen LogP contribution >= 0.6 is 15.9 Å². The molecule has 1 aromatic heterocycles. The summed E-state index contributed by atoms with van der Waals surface area (Å²) < 4.78 is 6.08. The predicted octanol–water partition coefficient (Wildman–Crippen LogP) is 3.28. The van der Waals surface area contributed by atoms with Gasteiger partial charge in [0.25, 0.3) is 5.91 Å². The number of hydrogen-bond donors (Lipinski definition) is 1. The fourth-order valence-electron chi connectivity index (χ4n) is 1.53. The maximum atomic E-state index is 11.9. The molecule has 0 bridgehead atoms. The third kappa shape index (κ3) is 2.77. The summed E-state index contributed by atoms with van der Waals surface area (Å²) >= 11 is 3.41. The molecule has 0 aliphatic carbocycles. The summed E-state index contributed by atoms with van der Waals surface area (Å²) in [5.74, 6) is 0.645. The van der Waals surface area contributed by atoms with Crippen LogP contribution in [0.3, 0.4) is 0 Å². The third-order valence-corrected chi connectivity index (χ3v) is 3.37. The Kier molecular flexibility index (Phi) is 3.64. The topological polar surface area (TPSA) is 42.2 Å². The Labute approximate surface area is 108 Å². The van der Waals surface area contributed by atoms with Gasteiger partial charge in [-0.2, -0.15) is 0 Å². The van der Waals surface area contributed by atoms with Crippen LogP contribution < -0.4 is 5.32 Å². The Morgan fingerprint density at radius 3 is 2.88 bits per heavy atom. The van der Waals surface area contributed by atoms with Gasteiger partial charge >= 0.3 is 0 Å². The Bertz CT molecular complexity index is 520. The van der Waals surface area contributed by atoms with E-state index in [1.807, 2.05) is 25.1 Å². The van der Waals surface area contributed by atoms with E-state index in [1.54, 1.807) is 18.4 Å². The minimum Gasteiger partial charge on any atom is -0.467 e. The molecule has 88 valence electrons. The first-order valence-corrected chi connectivity index (χ1v) is 6.03. The molecule has 0 saturated heterocycles. The van der Waals surface area contributed by atoms with Crippen molar-refractivity contribution in [1.82, 2.24) is 5.32 Å². The molecule has 1 amide bonds. The van der Waals surface area contributed by atoms with Crippen LogP contribution in [0.15, 0.2) is 45.5 Å². The molecule has 3 nitrogen and oxygen atoms in total. The minimum atomic E-state index is -0.0970. The van der Waals surface area contributed by atoms with Gasteiger partial charge in [0.05, 0.1) is 12.8 Å². The molecule has 2 rings (SSSR count). The molecule has 2 aromatic rings. The summed E-state index contributed by atoms with van der Waals surface area (Å²) in [6.45, 7) is 2.31. The summed E-state index contributed by atoms with van der Waals surface area (Å²) in [6, 6.07) is 9.19. The summed E-state index contributed by atoms with van der Waals surface area (Å²) in [6.07, 6.45) is 1.59. The number of carbonyl (C=O) groups excluding carboxylic acids is 1. The zero-order valence-electron chi connectivity index (χ0n) is 9.37. The van der Waals surface area contributed by atoms with Crippen LogP contribution in [-0.4, -0.2) is 5.91 Å². The van der Waals surface area contributed by atoms with Crippen LogP contribution in [-0.2, 0) is 6.54 Å². The van der Waals surface area contributed by atoms with E-state index in [9.17, 15) is 4.79 Å². The molecule has 4 heteroatoms. The van der Waals surface area contributed by atoms with Crippen LogP contribution in [0, 0.1) is 6.92 Å². The SMILES string of the molecule is Cc1c(Br)cccc1C(=O)NCc1ccco1. The van der Waals surface area contributed by atoms with Gasteiger partial charge in [-0.25, -0.2) is 0 Å². The number of halogens is 1. The fourth-order valence-corrected chi connectivity index (χ4v) is 1.90. The first-order chi connectivity index (χ1) is 8.18. The van der Waals surface area contributed by atoms with Crippen molar-refractivity contribution in [2.75, 3.05) is 0 Å². The molecule has 0 radical (unpaired) electrons. The van der Waals surface area contributed by atoms with Gasteiger partial charge in [-0.15, -0.1) is 0 Å². The van der Waals surface area contributed by atoms with Crippen molar-refractivity contribution in [2.45, 2.75) is 13.5 Å². The molecule has 17 heavy (non-hydrogen) atoms. The Hall–Kier alpha value is -1.55. The highest BCUT2D eigenvalue weighted by Gasteiger charge is 2.10. The van der Waals surface area contributed by atoms with E-state index in [-0.39, 0.29) is 5.91 Å². The largest absolute Gasteiger partial charge is 0.467 e. The van der Waals surface area contributed by atoms with E-state index in [2.05, 4.69) is 21.2 Å². The van der Waals surface area contributed by atoms with Gasteiger partial charge in [-0.05, 0) is 36.8 Å². The van der Waals surface area contributed by atoms with E-state index in [4.69, 9.17) is 4.42 Å². The molecular weight excluding hydrogens is 282 g/mol. The van der Waals surface area contributed by atoms with Gasteiger partial charge in [-0.1, -0.05) is 22.0 Å². The Morgan fingerprint density at radius 2 is 2.18 bits per heavy atom. The second-order valence-electron chi connectivity index (χ2n) is 3.67. The summed E-state index contributed by atoms with van der Waals surface area (Å²) in [4.78, 5) is 11.9. The van der Waals surface area contributed by atoms with Crippen LogP contribution in [0.4, 0.5) is 0 Å². The lowest BCUT2D eigenvalue weighted by Gasteiger charge is -2.07. The predicted molar refractivity (Wildman–Crippen MR) is 68.8 cm³/mol.